The molecule has 11 aromatic rings. The summed E-state index contributed by atoms with van der Waals surface area (Å²) in [5.74, 6) is 0. The van der Waals surface area contributed by atoms with Crippen molar-refractivity contribution in [3.8, 4) is 33.4 Å². The molecule has 0 aliphatic heterocycles. The van der Waals surface area contributed by atoms with Gasteiger partial charge in [0.05, 0.1) is 0 Å². The number of para-hydroxylation sites is 2. The highest BCUT2D eigenvalue weighted by molar-refractivity contribution is 6.31. The Morgan fingerprint density at radius 3 is 1.56 bits per heavy atom. The van der Waals surface area contributed by atoms with Crippen LogP contribution < -0.4 is 0 Å². The van der Waals surface area contributed by atoms with Gasteiger partial charge < -0.3 is 8.83 Å². The van der Waals surface area contributed by atoms with Crippen LogP contribution >= 0.6 is 0 Å². The van der Waals surface area contributed by atoms with E-state index in [1.165, 1.54) is 54.6 Å². The van der Waals surface area contributed by atoms with Crippen molar-refractivity contribution in [2.75, 3.05) is 0 Å². The predicted molar refractivity (Wildman–Crippen MR) is 210 cm³/mol. The second-order valence-electron chi connectivity index (χ2n) is 13.2. The molecular weight excluding hydrogens is 609 g/mol. The maximum Gasteiger partial charge on any atom is 0.144 e. The fourth-order valence-corrected chi connectivity index (χ4v) is 8.24. The molecule has 2 heteroatoms. The highest BCUT2D eigenvalue weighted by Crippen LogP contribution is 2.49. The van der Waals surface area contributed by atoms with Crippen LogP contribution in [-0.4, -0.2) is 0 Å². The lowest BCUT2D eigenvalue weighted by Gasteiger charge is -2.18. The summed E-state index contributed by atoms with van der Waals surface area (Å²) in [5, 5.41) is 11.6. The van der Waals surface area contributed by atoms with E-state index in [1.54, 1.807) is 0 Å². The first-order valence-corrected chi connectivity index (χ1v) is 17.1. The molecule has 0 fully saturated rings. The Morgan fingerprint density at radius 1 is 0.300 bits per heavy atom. The van der Waals surface area contributed by atoms with E-state index in [4.69, 9.17) is 8.83 Å². The molecule has 0 aliphatic carbocycles. The molecule has 9 aromatic carbocycles. The van der Waals surface area contributed by atoms with Gasteiger partial charge in [-0.3, -0.25) is 0 Å². The molecule has 0 N–H and O–H groups in total. The molecule has 0 amide bonds. The summed E-state index contributed by atoms with van der Waals surface area (Å²) in [4.78, 5) is 0. The molecule has 0 bridgehead atoms. The van der Waals surface area contributed by atoms with Gasteiger partial charge in [0.15, 0.2) is 0 Å². The van der Waals surface area contributed by atoms with Crippen molar-refractivity contribution in [3.63, 3.8) is 0 Å². The van der Waals surface area contributed by atoms with Gasteiger partial charge >= 0.3 is 0 Å². The van der Waals surface area contributed by atoms with Crippen molar-refractivity contribution in [1.29, 1.82) is 0 Å². The van der Waals surface area contributed by atoms with E-state index < -0.39 is 0 Å². The lowest BCUT2D eigenvalue weighted by atomic mass is 9.84. The SMILES string of the molecule is c1cc(-c2ccc3ccccc3c2)cc(-c2c3ccccc3c(-c3cc4oc5ccccc5c4c4c3oc3ccccc34)c3ccccc23)c1. The molecule has 0 saturated heterocycles. The van der Waals surface area contributed by atoms with E-state index in [9.17, 15) is 0 Å². The number of hydrogen-bond donors (Lipinski definition) is 0. The average Bonchev–Trinajstić information content (AvgIpc) is 3.75. The number of rotatable bonds is 3. The van der Waals surface area contributed by atoms with Crippen LogP contribution in [0.25, 0.3) is 110 Å². The number of benzene rings is 9. The Balaban J connectivity index is 1.23. The molecule has 0 spiro atoms. The van der Waals surface area contributed by atoms with Crippen LogP contribution in [0, 0.1) is 0 Å². The third kappa shape index (κ3) is 3.90. The summed E-state index contributed by atoms with van der Waals surface area (Å²) in [6.07, 6.45) is 0. The third-order valence-electron chi connectivity index (χ3n) is 10.4. The molecule has 11 rings (SSSR count). The topological polar surface area (TPSA) is 26.3 Å². The molecule has 0 aliphatic rings. The van der Waals surface area contributed by atoms with Crippen LogP contribution in [0.2, 0.25) is 0 Å². The van der Waals surface area contributed by atoms with Gasteiger partial charge in [-0.2, -0.15) is 0 Å². The minimum Gasteiger partial charge on any atom is -0.456 e. The van der Waals surface area contributed by atoms with Gasteiger partial charge in [-0.25, -0.2) is 0 Å². The molecule has 0 atom stereocenters. The molecule has 0 radical (unpaired) electrons. The first kappa shape index (κ1) is 27.3. The van der Waals surface area contributed by atoms with Gasteiger partial charge in [-0.15, -0.1) is 0 Å². The van der Waals surface area contributed by atoms with Crippen molar-refractivity contribution < 1.29 is 8.83 Å². The lowest BCUT2D eigenvalue weighted by Crippen LogP contribution is -1.92. The number of furan rings is 2. The molecule has 2 heterocycles. The van der Waals surface area contributed by atoms with Crippen LogP contribution in [0.3, 0.4) is 0 Å². The fraction of sp³-hybridized carbons (Fsp3) is 0. The zero-order chi connectivity index (χ0) is 32.8. The van der Waals surface area contributed by atoms with Crippen molar-refractivity contribution >= 4 is 76.2 Å². The summed E-state index contributed by atoms with van der Waals surface area (Å²) in [6, 6.07) is 60.8. The molecule has 2 nitrogen and oxygen atoms in total. The summed E-state index contributed by atoms with van der Waals surface area (Å²) in [7, 11) is 0. The van der Waals surface area contributed by atoms with Gasteiger partial charge in [-0.1, -0.05) is 140 Å². The smallest absolute Gasteiger partial charge is 0.144 e. The van der Waals surface area contributed by atoms with Gasteiger partial charge in [-0.05, 0) is 84.9 Å². The summed E-state index contributed by atoms with van der Waals surface area (Å²) >= 11 is 0. The fourth-order valence-electron chi connectivity index (χ4n) is 8.24. The minimum atomic E-state index is 0.862. The largest absolute Gasteiger partial charge is 0.456 e. The van der Waals surface area contributed by atoms with Crippen LogP contribution in [0.1, 0.15) is 0 Å². The number of fused-ring (bicyclic) bond motifs is 10. The molecule has 2 aromatic heterocycles. The number of hydrogen-bond acceptors (Lipinski definition) is 2. The monoisotopic (exact) mass is 636 g/mol. The highest BCUT2D eigenvalue weighted by atomic mass is 16.3. The molecule has 232 valence electrons. The molecule has 50 heavy (non-hydrogen) atoms. The Bertz CT molecular complexity index is 3100. The highest BCUT2D eigenvalue weighted by Gasteiger charge is 2.24. The summed E-state index contributed by atoms with van der Waals surface area (Å²) < 4.78 is 13.4. The molecule has 0 unspecified atom stereocenters. The second kappa shape index (κ2) is 10.4. The van der Waals surface area contributed by atoms with E-state index in [-0.39, 0.29) is 0 Å². The van der Waals surface area contributed by atoms with E-state index in [0.29, 0.717) is 0 Å². The van der Waals surface area contributed by atoms with Gasteiger partial charge in [0, 0.05) is 32.7 Å². The van der Waals surface area contributed by atoms with Crippen molar-refractivity contribution in [2.24, 2.45) is 0 Å². The Morgan fingerprint density at radius 2 is 0.840 bits per heavy atom. The maximum absolute atomic E-state index is 6.83. The van der Waals surface area contributed by atoms with Crippen LogP contribution in [0.15, 0.2) is 179 Å². The first-order valence-electron chi connectivity index (χ1n) is 17.1. The van der Waals surface area contributed by atoms with Gasteiger partial charge in [0.1, 0.15) is 22.3 Å². The zero-order valence-corrected chi connectivity index (χ0v) is 27.0. The first-order chi connectivity index (χ1) is 24.8. The van der Waals surface area contributed by atoms with Crippen LogP contribution in [0.4, 0.5) is 0 Å². The molecular formula is C48H28O2. The zero-order valence-electron chi connectivity index (χ0n) is 27.0. The maximum atomic E-state index is 6.83. The van der Waals surface area contributed by atoms with E-state index in [1.807, 2.05) is 12.1 Å². The van der Waals surface area contributed by atoms with Crippen molar-refractivity contribution in [1.82, 2.24) is 0 Å². The Kier molecular flexibility index (Phi) is 5.70. The Labute approximate surface area is 287 Å². The summed E-state index contributed by atoms with van der Waals surface area (Å²) in [5.41, 5.74) is 10.5. The third-order valence-corrected chi connectivity index (χ3v) is 10.4. The quantitative estimate of drug-likeness (QED) is 0.180. The lowest BCUT2D eigenvalue weighted by molar-refractivity contribution is 0.664. The standard InChI is InChI=1S/C48H28O2/c1-2-13-30-26-32(25-24-29(30)12-1)31-14-11-15-33(27-31)44-34-16-3-5-18-36(34)45(37-19-6-4-17-35(37)44)40-28-43-46(38-20-7-9-22-41(38)49-43)47-39-21-8-10-23-42(39)50-48(40)47/h1-28H. The van der Waals surface area contributed by atoms with Gasteiger partial charge in [0.25, 0.3) is 0 Å². The van der Waals surface area contributed by atoms with Crippen LogP contribution in [0.5, 0.6) is 0 Å². The normalized spacial score (nSPS) is 12.0. The molecule has 0 saturated carbocycles. The van der Waals surface area contributed by atoms with Crippen molar-refractivity contribution in [2.45, 2.75) is 0 Å². The van der Waals surface area contributed by atoms with Gasteiger partial charge in [0.2, 0.25) is 0 Å². The van der Waals surface area contributed by atoms with E-state index >= 15 is 0 Å². The Hall–Kier alpha value is -6.64. The van der Waals surface area contributed by atoms with Crippen molar-refractivity contribution in [3.05, 3.63) is 170 Å². The predicted octanol–water partition coefficient (Wildman–Crippen LogP) is 13.9. The second-order valence-corrected chi connectivity index (χ2v) is 13.2. The van der Waals surface area contributed by atoms with Crippen LogP contribution in [-0.2, 0) is 0 Å². The van der Waals surface area contributed by atoms with E-state index in [0.717, 1.165) is 55.0 Å². The van der Waals surface area contributed by atoms with E-state index in [2.05, 4.69) is 158 Å². The minimum absolute atomic E-state index is 0.862. The average molecular weight is 637 g/mol. The summed E-state index contributed by atoms with van der Waals surface area (Å²) in [6.45, 7) is 0.